The molecule has 1 aromatic heterocycles. The average Bonchev–Trinajstić information content (AvgIpc) is 3.37. The van der Waals surface area contributed by atoms with Gasteiger partial charge in [-0.1, -0.05) is 25.2 Å². The number of amidine groups is 1. The van der Waals surface area contributed by atoms with Crippen LogP contribution in [0.15, 0.2) is 40.1 Å². The van der Waals surface area contributed by atoms with Gasteiger partial charge < -0.3 is 19.5 Å². The van der Waals surface area contributed by atoms with Gasteiger partial charge in [0, 0.05) is 42.7 Å². The van der Waals surface area contributed by atoms with Crippen LogP contribution in [0.5, 0.6) is 11.5 Å². The lowest BCUT2D eigenvalue weighted by Crippen LogP contribution is -2.39. The van der Waals surface area contributed by atoms with E-state index in [-0.39, 0.29) is 27.9 Å². The Morgan fingerprint density at radius 3 is 2.52 bits per heavy atom. The lowest BCUT2D eigenvalue weighted by atomic mass is 9.84. The molecule has 2 saturated heterocycles. The van der Waals surface area contributed by atoms with E-state index in [0.29, 0.717) is 49.6 Å². The summed E-state index contributed by atoms with van der Waals surface area (Å²) in [6.07, 6.45) is -0.525. The van der Waals surface area contributed by atoms with E-state index in [4.69, 9.17) is 4.74 Å². The molecule has 15 heteroatoms. The number of nitrogens with one attached hydrogen (secondary N) is 1. The van der Waals surface area contributed by atoms with Gasteiger partial charge in [-0.2, -0.15) is 0 Å². The normalized spacial score (nSPS) is 18.3. The third kappa shape index (κ3) is 9.52. The first kappa shape index (κ1) is 34.9. The van der Waals surface area contributed by atoms with Crippen LogP contribution < -0.4 is 14.8 Å². The second kappa shape index (κ2) is 14.6. The number of aromatic nitrogens is 1. The van der Waals surface area contributed by atoms with Crippen LogP contribution in [0, 0.1) is 11.3 Å². The molecule has 250 valence electrons. The number of anilines is 1. The van der Waals surface area contributed by atoms with Gasteiger partial charge in [0.05, 0.1) is 24.9 Å². The van der Waals surface area contributed by atoms with Gasteiger partial charge in [-0.3, -0.25) is 24.8 Å². The summed E-state index contributed by atoms with van der Waals surface area (Å²) in [4.78, 5) is 42.3. The van der Waals surface area contributed by atoms with Crippen molar-refractivity contribution in [3.8, 4) is 22.8 Å². The molecule has 0 unspecified atom stereocenters. The van der Waals surface area contributed by atoms with Gasteiger partial charge in [-0.25, -0.2) is 9.98 Å². The number of alkyl halides is 3. The van der Waals surface area contributed by atoms with Gasteiger partial charge in [-0.05, 0) is 63.4 Å². The Kier molecular flexibility index (Phi) is 11.1. The fourth-order valence-electron chi connectivity index (χ4n) is 5.66. The lowest BCUT2D eigenvalue weighted by molar-refractivity contribution is -0.274. The molecule has 4 rings (SSSR count). The van der Waals surface area contributed by atoms with Crippen LogP contribution in [0.2, 0.25) is 0 Å². The standard InChI is InChI=1S/C31H39F3N6O5S/c1-19(40-11-7-20(8-12-40)28(42)43)36-16-24(35-4)27(41)38-29-37-26(25(46-29)17-39-10-6-9-30(2,3)18-39)21-13-22(44-5)15-23(14-21)45-31(32,33)34/h13-16,20H,4,6-12,17-18H2,1-3,5H3,(H,42,43)(H,37,38,41)/b24-16-,36-19?. The molecule has 2 aliphatic rings. The minimum absolute atomic E-state index is 0.0712. The average molecular weight is 665 g/mol. The summed E-state index contributed by atoms with van der Waals surface area (Å²) >= 11 is 1.22. The van der Waals surface area contributed by atoms with Crippen LogP contribution in [0.1, 0.15) is 51.3 Å². The van der Waals surface area contributed by atoms with Crippen molar-refractivity contribution in [2.24, 2.45) is 21.3 Å². The summed E-state index contributed by atoms with van der Waals surface area (Å²) < 4.78 is 48.8. The molecule has 3 heterocycles. The van der Waals surface area contributed by atoms with Gasteiger partial charge in [-0.15, -0.1) is 13.2 Å². The van der Waals surface area contributed by atoms with Gasteiger partial charge in [0.1, 0.15) is 23.0 Å². The third-order valence-electron chi connectivity index (χ3n) is 7.97. The number of piperidine rings is 2. The quantitative estimate of drug-likeness (QED) is 0.179. The van der Waals surface area contributed by atoms with Crippen LogP contribution in [0.25, 0.3) is 11.3 Å². The van der Waals surface area contributed by atoms with E-state index in [1.807, 2.05) is 4.90 Å². The van der Waals surface area contributed by atoms with E-state index in [1.165, 1.54) is 30.7 Å². The summed E-state index contributed by atoms with van der Waals surface area (Å²) in [5.74, 6) is -1.50. The lowest BCUT2D eigenvalue weighted by Gasteiger charge is -2.37. The number of carbonyl (C=O) groups is 2. The fraction of sp³-hybridized carbons (Fsp3) is 0.516. The van der Waals surface area contributed by atoms with Crippen LogP contribution in [0.4, 0.5) is 18.3 Å². The highest BCUT2D eigenvalue weighted by atomic mass is 32.1. The molecule has 0 aliphatic carbocycles. The number of carbonyl (C=O) groups excluding carboxylic acids is 1. The van der Waals surface area contributed by atoms with Crippen molar-refractivity contribution in [2.75, 3.05) is 38.6 Å². The topological polar surface area (TPSA) is 129 Å². The largest absolute Gasteiger partial charge is 0.573 e. The number of benzene rings is 1. The number of aliphatic carboxylic acids is 1. The predicted octanol–water partition coefficient (Wildman–Crippen LogP) is 6.03. The summed E-state index contributed by atoms with van der Waals surface area (Å²) in [7, 11) is 1.35. The van der Waals surface area contributed by atoms with Crippen molar-refractivity contribution >= 4 is 40.9 Å². The number of hydrogen-bond acceptors (Lipinski definition) is 9. The minimum atomic E-state index is -4.90. The van der Waals surface area contributed by atoms with Crippen molar-refractivity contribution < 1.29 is 37.3 Å². The fourth-order valence-corrected chi connectivity index (χ4v) is 6.68. The van der Waals surface area contributed by atoms with Gasteiger partial charge in [0.2, 0.25) is 0 Å². The predicted molar refractivity (Wildman–Crippen MR) is 170 cm³/mol. The van der Waals surface area contributed by atoms with Crippen molar-refractivity contribution in [1.29, 1.82) is 0 Å². The Balaban J connectivity index is 1.60. The Bertz CT molecular complexity index is 1500. The first-order valence-corrected chi connectivity index (χ1v) is 15.7. The molecular formula is C31H39F3N6O5S. The van der Waals surface area contributed by atoms with E-state index >= 15 is 0 Å². The number of halogens is 3. The molecule has 0 bridgehead atoms. The molecule has 2 aliphatic heterocycles. The number of hydrogen-bond donors (Lipinski definition) is 2. The number of nitrogens with zero attached hydrogens (tertiary/aromatic N) is 5. The maximum absolute atomic E-state index is 13.2. The summed E-state index contributed by atoms with van der Waals surface area (Å²) in [5, 5.41) is 12.2. The number of ether oxygens (including phenoxy) is 2. The summed E-state index contributed by atoms with van der Waals surface area (Å²) in [6.45, 7) is 12.9. The molecule has 2 N–H and O–H groups in total. The molecule has 11 nitrogen and oxygen atoms in total. The monoisotopic (exact) mass is 664 g/mol. The Morgan fingerprint density at radius 2 is 1.91 bits per heavy atom. The number of methoxy groups -OCH3 is 1. The summed E-state index contributed by atoms with van der Waals surface area (Å²) in [6, 6.07) is 3.96. The van der Waals surface area contributed by atoms with E-state index in [0.717, 1.165) is 36.9 Å². The molecule has 0 radical (unpaired) electrons. The molecule has 0 saturated carbocycles. The second-order valence-electron chi connectivity index (χ2n) is 12.1. The Labute approximate surface area is 269 Å². The van der Waals surface area contributed by atoms with Crippen LogP contribution >= 0.6 is 11.3 Å². The number of likely N-dealkylation sites (tertiary alicyclic amines) is 2. The Morgan fingerprint density at radius 1 is 1.22 bits per heavy atom. The Hall–Kier alpha value is -3.98. The number of aliphatic imine (C=N–C) groups is 2. The van der Waals surface area contributed by atoms with Gasteiger partial charge in [0.25, 0.3) is 5.91 Å². The smallest absolute Gasteiger partial charge is 0.497 e. The number of amides is 1. The molecular weight excluding hydrogens is 625 g/mol. The highest BCUT2D eigenvalue weighted by molar-refractivity contribution is 7.16. The molecule has 2 fully saturated rings. The number of carboxylic acid groups (broad SMARTS) is 1. The zero-order valence-electron chi connectivity index (χ0n) is 26.3. The van der Waals surface area contributed by atoms with Crippen molar-refractivity contribution in [1.82, 2.24) is 14.8 Å². The second-order valence-corrected chi connectivity index (χ2v) is 13.2. The molecule has 2 aromatic rings. The maximum atomic E-state index is 13.2. The molecule has 0 atom stereocenters. The van der Waals surface area contributed by atoms with Crippen molar-refractivity contribution in [3.05, 3.63) is 35.0 Å². The van der Waals surface area contributed by atoms with Crippen LogP contribution in [-0.4, -0.2) is 84.0 Å². The minimum Gasteiger partial charge on any atom is -0.497 e. The molecule has 1 aromatic carbocycles. The SMILES string of the molecule is C=N/C(=C\N=C(C)N1CCC(C(=O)O)CC1)C(=O)Nc1nc(-c2cc(OC)cc(OC(F)(F)F)c2)c(CN2CCCC(C)(C)C2)s1. The highest BCUT2D eigenvalue weighted by Crippen LogP contribution is 2.39. The van der Waals surface area contributed by atoms with Crippen molar-refractivity contribution in [2.45, 2.75) is 59.4 Å². The molecule has 1 amide bonds. The van der Waals surface area contributed by atoms with E-state index in [1.54, 1.807) is 13.0 Å². The first-order valence-electron chi connectivity index (χ1n) is 14.8. The molecule has 0 spiro atoms. The highest BCUT2D eigenvalue weighted by Gasteiger charge is 2.32. The maximum Gasteiger partial charge on any atom is 0.573 e. The zero-order chi connectivity index (χ0) is 33.6. The van der Waals surface area contributed by atoms with Gasteiger partial charge >= 0.3 is 12.3 Å². The molecule has 46 heavy (non-hydrogen) atoms. The number of thiazole rings is 1. The number of rotatable bonds is 10. The first-order chi connectivity index (χ1) is 21.7. The van der Waals surface area contributed by atoms with E-state index < -0.39 is 24.0 Å². The third-order valence-corrected chi connectivity index (χ3v) is 8.92. The van der Waals surface area contributed by atoms with Gasteiger partial charge in [0.15, 0.2) is 5.13 Å². The van der Waals surface area contributed by atoms with Crippen LogP contribution in [0.3, 0.4) is 0 Å². The number of carboxylic acids is 1. The van der Waals surface area contributed by atoms with E-state index in [2.05, 4.69) is 50.5 Å². The van der Waals surface area contributed by atoms with E-state index in [9.17, 15) is 27.9 Å². The van der Waals surface area contributed by atoms with Crippen molar-refractivity contribution in [3.63, 3.8) is 0 Å². The summed E-state index contributed by atoms with van der Waals surface area (Å²) in [5.41, 5.74) is 0.763. The zero-order valence-corrected chi connectivity index (χ0v) is 27.1. The van der Waals surface area contributed by atoms with Crippen LogP contribution in [-0.2, 0) is 16.1 Å².